The van der Waals surface area contributed by atoms with Gasteiger partial charge in [-0.15, -0.1) is 0 Å². The Labute approximate surface area is 172 Å². The number of fused-ring (bicyclic) bond motifs is 1. The first-order valence-electron chi connectivity index (χ1n) is 8.57. The van der Waals surface area contributed by atoms with Gasteiger partial charge >= 0.3 is 0 Å². The first-order valence-corrected chi connectivity index (χ1v) is 11.2. The largest absolute Gasteiger partial charge is 0.332 e. The molecule has 2 amide bonds. The van der Waals surface area contributed by atoms with Crippen molar-refractivity contribution < 1.29 is 18.0 Å². The van der Waals surface area contributed by atoms with Crippen molar-refractivity contribution in [3.05, 3.63) is 58.1 Å². The molecule has 0 unspecified atom stereocenters. The molecular formula is C19H20BrN3O4S. The lowest BCUT2D eigenvalue weighted by molar-refractivity contribution is -0.116. The van der Waals surface area contributed by atoms with Gasteiger partial charge in [-0.25, -0.2) is 8.42 Å². The van der Waals surface area contributed by atoms with E-state index >= 15 is 0 Å². The summed E-state index contributed by atoms with van der Waals surface area (Å²) < 4.78 is 25.7. The second-order valence-electron chi connectivity index (χ2n) is 6.62. The summed E-state index contributed by atoms with van der Waals surface area (Å²) >= 11 is 3.36. The van der Waals surface area contributed by atoms with Crippen molar-refractivity contribution >= 4 is 49.1 Å². The SMILES string of the molecule is CN(CC(=O)Nc1ccccc1Br)C(=O)c1ccc2c(c1)CCN2S(C)(=O)=O. The molecule has 0 spiro atoms. The van der Waals surface area contributed by atoms with E-state index in [9.17, 15) is 18.0 Å². The standard InChI is InChI=1S/C19H20BrN3O4S/c1-22(12-18(24)21-16-6-4-3-5-15(16)20)19(25)14-7-8-17-13(11-14)9-10-23(17)28(2,26)27/h3-8,11H,9-10,12H2,1-2H3,(H,21,24). The number of carbonyl (C=O) groups excluding carboxylic acids is 2. The molecule has 0 atom stereocenters. The maximum atomic E-state index is 12.7. The van der Waals surface area contributed by atoms with Gasteiger partial charge in [0.1, 0.15) is 0 Å². The Morgan fingerprint density at radius 1 is 1.21 bits per heavy atom. The Morgan fingerprint density at radius 3 is 2.61 bits per heavy atom. The highest BCUT2D eigenvalue weighted by Crippen LogP contribution is 2.31. The topological polar surface area (TPSA) is 86.8 Å². The lowest BCUT2D eigenvalue weighted by Crippen LogP contribution is -2.35. The molecule has 0 saturated heterocycles. The second kappa shape index (κ2) is 7.92. The molecule has 3 rings (SSSR count). The first-order chi connectivity index (χ1) is 13.2. The highest BCUT2D eigenvalue weighted by atomic mass is 79.9. The van der Waals surface area contributed by atoms with Gasteiger partial charge in [0.15, 0.2) is 0 Å². The monoisotopic (exact) mass is 465 g/mol. The Bertz CT molecular complexity index is 1040. The molecule has 1 aliphatic rings. The van der Waals surface area contributed by atoms with E-state index in [0.29, 0.717) is 29.9 Å². The van der Waals surface area contributed by atoms with Crippen LogP contribution in [0.15, 0.2) is 46.9 Å². The average Bonchev–Trinajstić information content (AvgIpc) is 3.06. The van der Waals surface area contributed by atoms with Crippen LogP contribution in [0.3, 0.4) is 0 Å². The van der Waals surface area contributed by atoms with E-state index in [1.54, 1.807) is 37.4 Å². The summed E-state index contributed by atoms with van der Waals surface area (Å²) in [6, 6.07) is 12.2. The zero-order chi connectivity index (χ0) is 20.5. The number of hydrogen-bond donors (Lipinski definition) is 1. The highest BCUT2D eigenvalue weighted by Gasteiger charge is 2.27. The number of anilines is 2. The van der Waals surface area contributed by atoms with Gasteiger partial charge in [-0.2, -0.15) is 0 Å². The van der Waals surface area contributed by atoms with E-state index in [1.807, 2.05) is 12.1 Å². The highest BCUT2D eigenvalue weighted by molar-refractivity contribution is 9.10. The van der Waals surface area contributed by atoms with Crippen LogP contribution in [-0.4, -0.2) is 51.5 Å². The van der Waals surface area contributed by atoms with Gasteiger partial charge in [-0.3, -0.25) is 13.9 Å². The molecule has 1 aliphatic heterocycles. The smallest absolute Gasteiger partial charge is 0.254 e. The number of amides is 2. The van der Waals surface area contributed by atoms with Gasteiger partial charge in [0.2, 0.25) is 15.9 Å². The molecule has 7 nitrogen and oxygen atoms in total. The summed E-state index contributed by atoms with van der Waals surface area (Å²) in [4.78, 5) is 26.3. The first kappa shape index (κ1) is 20.3. The van der Waals surface area contributed by atoms with E-state index in [-0.39, 0.29) is 18.4 Å². The Kier molecular flexibility index (Phi) is 5.76. The molecule has 0 radical (unpaired) electrons. The molecule has 28 heavy (non-hydrogen) atoms. The minimum atomic E-state index is -3.33. The fraction of sp³-hybridized carbons (Fsp3) is 0.263. The number of rotatable bonds is 5. The van der Waals surface area contributed by atoms with Crippen molar-refractivity contribution in [1.29, 1.82) is 0 Å². The third-order valence-corrected chi connectivity index (χ3v) is 6.33. The maximum Gasteiger partial charge on any atom is 0.254 e. The lowest BCUT2D eigenvalue weighted by atomic mass is 10.1. The van der Waals surface area contributed by atoms with Crippen molar-refractivity contribution in [3.8, 4) is 0 Å². The van der Waals surface area contributed by atoms with Crippen LogP contribution < -0.4 is 9.62 Å². The molecule has 0 fully saturated rings. The number of halogens is 1. The summed E-state index contributed by atoms with van der Waals surface area (Å²) in [6.45, 7) is 0.267. The average molecular weight is 466 g/mol. The normalized spacial score (nSPS) is 13.2. The van der Waals surface area contributed by atoms with Crippen molar-refractivity contribution in [2.75, 3.05) is 36.0 Å². The van der Waals surface area contributed by atoms with E-state index in [1.165, 1.54) is 15.5 Å². The number of nitrogens with zero attached hydrogens (tertiary/aromatic N) is 2. The fourth-order valence-electron chi connectivity index (χ4n) is 3.11. The Balaban J connectivity index is 1.69. The summed E-state index contributed by atoms with van der Waals surface area (Å²) in [5, 5.41) is 2.76. The number of carbonyl (C=O) groups is 2. The fourth-order valence-corrected chi connectivity index (χ4v) is 4.45. The molecule has 1 N–H and O–H groups in total. The zero-order valence-electron chi connectivity index (χ0n) is 15.5. The number of hydrogen-bond acceptors (Lipinski definition) is 4. The van der Waals surface area contributed by atoms with Crippen LogP contribution in [0.4, 0.5) is 11.4 Å². The van der Waals surface area contributed by atoms with E-state index in [2.05, 4.69) is 21.2 Å². The van der Waals surface area contributed by atoms with Crippen LogP contribution in [0.25, 0.3) is 0 Å². The molecule has 0 aliphatic carbocycles. The van der Waals surface area contributed by atoms with Crippen LogP contribution in [0, 0.1) is 0 Å². The van der Waals surface area contributed by atoms with Crippen LogP contribution >= 0.6 is 15.9 Å². The molecule has 2 aromatic rings. The van der Waals surface area contributed by atoms with E-state index in [0.717, 1.165) is 10.0 Å². The number of nitrogens with one attached hydrogen (secondary N) is 1. The molecular weight excluding hydrogens is 446 g/mol. The molecule has 0 saturated carbocycles. The third-order valence-electron chi connectivity index (χ3n) is 4.46. The molecule has 0 bridgehead atoms. The van der Waals surface area contributed by atoms with Crippen molar-refractivity contribution in [2.24, 2.45) is 0 Å². The van der Waals surface area contributed by atoms with Crippen molar-refractivity contribution in [2.45, 2.75) is 6.42 Å². The number of para-hydroxylation sites is 1. The predicted molar refractivity (Wildman–Crippen MR) is 112 cm³/mol. The van der Waals surface area contributed by atoms with Gasteiger partial charge in [0.25, 0.3) is 5.91 Å². The van der Waals surface area contributed by atoms with E-state index in [4.69, 9.17) is 0 Å². The molecule has 0 aromatic heterocycles. The van der Waals surface area contributed by atoms with Gasteiger partial charge in [0, 0.05) is 23.6 Å². The van der Waals surface area contributed by atoms with Gasteiger partial charge in [-0.05, 0) is 58.2 Å². The van der Waals surface area contributed by atoms with Crippen LogP contribution in [-0.2, 0) is 21.2 Å². The quantitative estimate of drug-likeness (QED) is 0.734. The summed E-state index contributed by atoms with van der Waals surface area (Å²) in [5.74, 6) is -0.616. The minimum absolute atomic E-state index is 0.104. The van der Waals surface area contributed by atoms with Crippen LogP contribution in [0.5, 0.6) is 0 Å². The Hall–Kier alpha value is -2.39. The number of likely N-dealkylation sites (N-methyl/N-ethyl adjacent to an activating group) is 1. The van der Waals surface area contributed by atoms with Crippen molar-refractivity contribution in [1.82, 2.24) is 4.90 Å². The van der Waals surface area contributed by atoms with Crippen LogP contribution in [0.1, 0.15) is 15.9 Å². The zero-order valence-corrected chi connectivity index (χ0v) is 17.9. The van der Waals surface area contributed by atoms with Crippen LogP contribution in [0.2, 0.25) is 0 Å². The second-order valence-corrected chi connectivity index (χ2v) is 9.38. The van der Waals surface area contributed by atoms with Gasteiger partial charge in [0.05, 0.1) is 24.2 Å². The lowest BCUT2D eigenvalue weighted by Gasteiger charge is -2.19. The van der Waals surface area contributed by atoms with Gasteiger partial charge in [-0.1, -0.05) is 12.1 Å². The molecule has 1 heterocycles. The molecule has 2 aromatic carbocycles. The maximum absolute atomic E-state index is 12.7. The minimum Gasteiger partial charge on any atom is -0.332 e. The summed E-state index contributed by atoms with van der Waals surface area (Å²) in [5.41, 5.74) is 2.47. The number of sulfonamides is 1. The summed E-state index contributed by atoms with van der Waals surface area (Å²) in [6.07, 6.45) is 1.72. The molecule has 148 valence electrons. The predicted octanol–water partition coefficient (Wildman–Crippen LogP) is 2.48. The molecule has 9 heteroatoms. The van der Waals surface area contributed by atoms with Crippen molar-refractivity contribution in [3.63, 3.8) is 0 Å². The third kappa shape index (κ3) is 4.36. The van der Waals surface area contributed by atoms with Gasteiger partial charge < -0.3 is 10.2 Å². The van der Waals surface area contributed by atoms with E-state index < -0.39 is 10.0 Å². The Morgan fingerprint density at radius 2 is 1.93 bits per heavy atom. The summed E-state index contributed by atoms with van der Waals surface area (Å²) in [7, 11) is -1.78. The number of benzene rings is 2.